The Morgan fingerprint density at radius 3 is 1.96 bits per heavy atom. The maximum atomic E-state index is 11.3. The van der Waals surface area contributed by atoms with Crippen molar-refractivity contribution in [3.8, 4) is 11.5 Å². The molecule has 0 bridgehead atoms. The third-order valence-corrected chi connectivity index (χ3v) is 5.64. The predicted molar refractivity (Wildman–Crippen MR) is 114 cm³/mol. The van der Waals surface area contributed by atoms with Crippen molar-refractivity contribution >= 4 is 15.0 Å². The van der Waals surface area contributed by atoms with Crippen LogP contribution in [0.4, 0.5) is 0 Å². The molecule has 0 amide bonds. The number of hydrogen-bond acceptors (Lipinski definition) is 3. The van der Waals surface area contributed by atoms with Crippen LogP contribution < -0.4 is 9.16 Å². The van der Waals surface area contributed by atoms with E-state index in [2.05, 4.69) is 54.6 Å². The first kappa shape index (κ1) is 23.5. The Kier molecular flexibility index (Phi) is 7.57. The molecule has 0 saturated carbocycles. The van der Waals surface area contributed by atoms with Gasteiger partial charge in [-0.15, -0.1) is 0 Å². The van der Waals surface area contributed by atoms with Crippen LogP contribution in [0.2, 0.25) is 13.1 Å². The molecular weight excluding hydrogens is 356 g/mol. The Balaban J connectivity index is 3.20. The van der Waals surface area contributed by atoms with Crippen LogP contribution >= 0.6 is 0 Å². The molecule has 0 aromatic heterocycles. The van der Waals surface area contributed by atoms with Crippen LogP contribution in [-0.4, -0.2) is 26.7 Å². The minimum atomic E-state index is -0.943. The van der Waals surface area contributed by atoms with Gasteiger partial charge in [-0.1, -0.05) is 20.8 Å². The summed E-state index contributed by atoms with van der Waals surface area (Å²) < 4.78 is 12.4. The summed E-state index contributed by atoms with van der Waals surface area (Å²) in [5.74, 6) is 0.907. The molecule has 153 valence electrons. The smallest absolute Gasteiger partial charge is 0.309 e. The lowest BCUT2D eigenvalue weighted by atomic mass is 9.79. The van der Waals surface area contributed by atoms with Crippen molar-refractivity contribution in [2.24, 2.45) is 5.41 Å². The van der Waals surface area contributed by atoms with Crippen molar-refractivity contribution < 1.29 is 19.1 Å². The van der Waals surface area contributed by atoms with E-state index in [0.717, 1.165) is 22.6 Å². The highest BCUT2D eigenvalue weighted by molar-refractivity contribution is 6.49. The van der Waals surface area contributed by atoms with Gasteiger partial charge in [0.1, 0.15) is 5.75 Å². The summed E-state index contributed by atoms with van der Waals surface area (Å²) in [6.07, 6.45) is 1.26. The quantitative estimate of drug-likeness (QED) is 0.447. The molecule has 5 heteroatoms. The molecule has 0 fully saturated rings. The van der Waals surface area contributed by atoms with Crippen LogP contribution in [0.25, 0.3) is 0 Å². The first-order valence-corrected chi connectivity index (χ1v) is 12.1. The first-order valence-electron chi connectivity index (χ1n) is 9.68. The maximum absolute atomic E-state index is 11.3. The average Bonchev–Trinajstić information content (AvgIpc) is 2.49. The van der Waals surface area contributed by atoms with Gasteiger partial charge in [0.15, 0.2) is 5.75 Å². The van der Waals surface area contributed by atoms with Crippen LogP contribution in [0.5, 0.6) is 11.5 Å². The zero-order valence-electron chi connectivity index (χ0n) is 18.8. The van der Waals surface area contributed by atoms with Gasteiger partial charge in [-0.05, 0) is 88.2 Å². The van der Waals surface area contributed by atoms with E-state index in [1.54, 1.807) is 13.8 Å². The normalized spacial score (nSPS) is 12.4. The summed E-state index contributed by atoms with van der Waals surface area (Å²) in [5, 5.41) is 9.27. The monoisotopic (exact) mass is 393 g/mol. The number of benzene rings is 1. The van der Waals surface area contributed by atoms with E-state index < -0.39 is 20.4 Å². The van der Waals surface area contributed by atoms with Gasteiger partial charge in [0.25, 0.3) is 9.04 Å². The molecule has 1 aromatic rings. The first-order chi connectivity index (χ1) is 12.2. The molecule has 0 saturated heterocycles. The van der Waals surface area contributed by atoms with Crippen LogP contribution in [-0.2, 0) is 10.2 Å². The van der Waals surface area contributed by atoms with E-state index in [1.807, 2.05) is 0 Å². The van der Waals surface area contributed by atoms with Gasteiger partial charge in [-0.3, -0.25) is 4.79 Å². The average molecular weight is 394 g/mol. The SMILES string of the molecule is Cc1c(C)c(C(C)(C)C)c(C)c(O[Si](C)C)c1OCCCC(C)(C)C(=O)O. The Morgan fingerprint density at radius 1 is 0.963 bits per heavy atom. The van der Waals surface area contributed by atoms with E-state index in [1.165, 1.54) is 11.1 Å². The summed E-state index contributed by atoms with van der Waals surface area (Å²) in [5.41, 5.74) is 4.11. The lowest BCUT2D eigenvalue weighted by Gasteiger charge is -2.30. The number of ether oxygens (including phenoxy) is 1. The van der Waals surface area contributed by atoms with Crippen molar-refractivity contribution in [2.45, 2.75) is 86.7 Å². The second kappa shape index (κ2) is 8.68. The van der Waals surface area contributed by atoms with E-state index in [0.29, 0.717) is 19.4 Å². The number of aliphatic carboxylic acids is 1. The summed E-state index contributed by atoms with van der Waals surface area (Å²) in [4.78, 5) is 11.3. The van der Waals surface area contributed by atoms with Crippen molar-refractivity contribution in [3.05, 3.63) is 22.3 Å². The predicted octanol–water partition coefficient (Wildman–Crippen LogP) is 5.81. The topological polar surface area (TPSA) is 55.8 Å². The molecule has 0 aliphatic rings. The lowest BCUT2D eigenvalue weighted by molar-refractivity contribution is -0.147. The standard InChI is InChI=1S/C22H37O4Si/c1-14-15(2)18(25-13-11-12-22(7,8)20(23)24)19(26-27(9)10)16(3)17(14)21(4,5)6/h11-13H2,1-10H3,(H,23,24). The molecular formula is C22H37O4Si. The zero-order chi connectivity index (χ0) is 21.2. The molecule has 0 aliphatic carbocycles. The maximum Gasteiger partial charge on any atom is 0.309 e. The van der Waals surface area contributed by atoms with Gasteiger partial charge in [0.2, 0.25) is 0 Å². The Bertz CT molecular complexity index is 685. The molecule has 4 nitrogen and oxygen atoms in total. The fraction of sp³-hybridized carbons (Fsp3) is 0.682. The fourth-order valence-electron chi connectivity index (χ4n) is 3.51. The molecule has 0 unspecified atom stereocenters. The van der Waals surface area contributed by atoms with Gasteiger partial charge in [0, 0.05) is 0 Å². The van der Waals surface area contributed by atoms with Crippen LogP contribution in [0.1, 0.15) is 69.7 Å². The van der Waals surface area contributed by atoms with Crippen LogP contribution in [0.15, 0.2) is 0 Å². The van der Waals surface area contributed by atoms with Crippen LogP contribution in [0, 0.1) is 26.2 Å². The Hall–Kier alpha value is -1.49. The number of carboxylic acid groups (broad SMARTS) is 1. The van der Waals surface area contributed by atoms with E-state index in [-0.39, 0.29) is 5.41 Å². The molecule has 0 aliphatic heterocycles. The number of rotatable bonds is 8. The minimum absolute atomic E-state index is 0.0233. The zero-order valence-corrected chi connectivity index (χ0v) is 19.8. The molecule has 1 radical (unpaired) electrons. The number of carbonyl (C=O) groups is 1. The molecule has 0 spiro atoms. The van der Waals surface area contributed by atoms with Gasteiger partial charge in [0.05, 0.1) is 12.0 Å². The highest BCUT2D eigenvalue weighted by Gasteiger charge is 2.28. The van der Waals surface area contributed by atoms with Gasteiger partial charge >= 0.3 is 5.97 Å². The Labute approximate surface area is 167 Å². The fourth-order valence-corrected chi connectivity index (χ4v) is 4.17. The van der Waals surface area contributed by atoms with Crippen molar-refractivity contribution in [1.82, 2.24) is 0 Å². The molecule has 27 heavy (non-hydrogen) atoms. The molecule has 1 rings (SSSR count). The Morgan fingerprint density at radius 2 is 1.52 bits per heavy atom. The molecule has 1 aromatic carbocycles. The highest BCUT2D eigenvalue weighted by Crippen LogP contribution is 2.44. The van der Waals surface area contributed by atoms with Crippen molar-refractivity contribution in [2.75, 3.05) is 6.61 Å². The summed E-state index contributed by atoms with van der Waals surface area (Å²) in [6.45, 7) is 21.3. The van der Waals surface area contributed by atoms with Crippen molar-refractivity contribution in [1.29, 1.82) is 0 Å². The van der Waals surface area contributed by atoms with Crippen molar-refractivity contribution in [3.63, 3.8) is 0 Å². The summed E-state index contributed by atoms with van der Waals surface area (Å²) in [6, 6.07) is 0. The largest absolute Gasteiger partial charge is 0.540 e. The van der Waals surface area contributed by atoms with Crippen LogP contribution in [0.3, 0.4) is 0 Å². The minimum Gasteiger partial charge on any atom is -0.540 e. The second-order valence-electron chi connectivity index (χ2n) is 9.31. The third-order valence-electron chi connectivity index (χ3n) is 5.03. The summed E-state index contributed by atoms with van der Waals surface area (Å²) in [7, 11) is -0.943. The lowest BCUT2D eigenvalue weighted by Crippen LogP contribution is -2.24. The molecule has 1 N–H and O–H groups in total. The number of hydrogen-bond donors (Lipinski definition) is 1. The van der Waals surface area contributed by atoms with E-state index in [4.69, 9.17) is 9.16 Å². The molecule has 0 heterocycles. The molecule has 0 atom stereocenters. The van der Waals surface area contributed by atoms with E-state index in [9.17, 15) is 9.90 Å². The van der Waals surface area contributed by atoms with Gasteiger partial charge < -0.3 is 14.3 Å². The second-order valence-corrected chi connectivity index (χ2v) is 11.3. The third kappa shape index (κ3) is 5.74. The highest BCUT2D eigenvalue weighted by atomic mass is 28.3. The summed E-state index contributed by atoms with van der Waals surface area (Å²) >= 11 is 0. The van der Waals surface area contributed by atoms with Gasteiger partial charge in [-0.2, -0.15) is 0 Å². The van der Waals surface area contributed by atoms with Gasteiger partial charge in [-0.25, -0.2) is 0 Å². The van der Waals surface area contributed by atoms with E-state index >= 15 is 0 Å². The number of carboxylic acids is 1.